The minimum atomic E-state index is -4.63. The van der Waals surface area contributed by atoms with E-state index < -0.39 is 18.8 Å². The number of rotatable bonds is 3. The Morgan fingerprint density at radius 2 is 2.12 bits per heavy atom. The summed E-state index contributed by atoms with van der Waals surface area (Å²) in [6.07, 6.45) is -7.03. The molecule has 0 fully saturated rings. The van der Waals surface area contributed by atoms with Crippen molar-refractivity contribution in [2.24, 2.45) is 0 Å². The molecule has 0 amide bonds. The highest BCUT2D eigenvalue weighted by Crippen LogP contribution is 2.21. The average molecular weight is 244 g/mol. The molecular formula is C11H11F3N2O. The van der Waals surface area contributed by atoms with Crippen LogP contribution in [0.15, 0.2) is 18.2 Å². The Hall–Kier alpha value is -1.74. The van der Waals surface area contributed by atoms with E-state index in [1.165, 1.54) is 12.1 Å². The lowest BCUT2D eigenvalue weighted by Crippen LogP contribution is -2.35. The number of aliphatic hydroxyl groups excluding tert-OH is 1. The number of hydrogen-bond donors (Lipinski definition) is 2. The van der Waals surface area contributed by atoms with Crippen LogP contribution in [-0.4, -0.2) is 23.9 Å². The number of nitriles is 1. The summed E-state index contributed by atoms with van der Waals surface area (Å²) in [7, 11) is 0. The van der Waals surface area contributed by atoms with Gasteiger partial charge < -0.3 is 10.4 Å². The molecule has 0 saturated carbocycles. The van der Waals surface area contributed by atoms with E-state index in [4.69, 9.17) is 10.4 Å². The summed E-state index contributed by atoms with van der Waals surface area (Å²) in [5, 5.41) is 19.9. The monoisotopic (exact) mass is 244 g/mol. The van der Waals surface area contributed by atoms with Crippen LogP contribution in [-0.2, 0) is 0 Å². The van der Waals surface area contributed by atoms with Crippen molar-refractivity contribution >= 4 is 5.69 Å². The van der Waals surface area contributed by atoms with Crippen LogP contribution in [0.25, 0.3) is 0 Å². The topological polar surface area (TPSA) is 56.0 Å². The second kappa shape index (κ2) is 5.06. The van der Waals surface area contributed by atoms with Gasteiger partial charge in [-0.15, -0.1) is 0 Å². The van der Waals surface area contributed by atoms with Crippen molar-refractivity contribution in [1.82, 2.24) is 0 Å². The third-order valence-corrected chi connectivity index (χ3v) is 2.22. The zero-order valence-corrected chi connectivity index (χ0v) is 9.04. The number of halogens is 3. The zero-order valence-electron chi connectivity index (χ0n) is 9.04. The van der Waals surface area contributed by atoms with Crippen LogP contribution < -0.4 is 5.32 Å². The first-order chi connectivity index (χ1) is 7.84. The molecule has 0 aliphatic carbocycles. The van der Waals surface area contributed by atoms with E-state index in [1.807, 2.05) is 6.07 Å². The molecular weight excluding hydrogens is 233 g/mol. The van der Waals surface area contributed by atoms with Crippen LogP contribution in [0.4, 0.5) is 18.9 Å². The second-order valence-electron chi connectivity index (χ2n) is 3.58. The maximum absolute atomic E-state index is 12.0. The predicted molar refractivity (Wildman–Crippen MR) is 56.4 cm³/mol. The van der Waals surface area contributed by atoms with Crippen LogP contribution in [0, 0.1) is 18.3 Å². The molecule has 17 heavy (non-hydrogen) atoms. The first kappa shape index (κ1) is 13.3. The van der Waals surface area contributed by atoms with Crippen LogP contribution in [0.2, 0.25) is 0 Å². The summed E-state index contributed by atoms with van der Waals surface area (Å²) in [4.78, 5) is 0. The molecule has 1 rings (SSSR count). The standard InChI is InChI=1S/C11H11F3N2O/c1-7-4-9(3-2-8(7)5-15)16-6-10(17)11(12,13)14/h2-4,10,16-17H,6H2,1H3. The first-order valence-corrected chi connectivity index (χ1v) is 4.84. The minimum Gasteiger partial charge on any atom is -0.382 e. The Labute approximate surface area is 96.5 Å². The van der Waals surface area contributed by atoms with Gasteiger partial charge in [0.2, 0.25) is 0 Å². The highest BCUT2D eigenvalue weighted by Gasteiger charge is 2.37. The quantitative estimate of drug-likeness (QED) is 0.857. The average Bonchev–Trinajstić information content (AvgIpc) is 2.24. The number of anilines is 1. The summed E-state index contributed by atoms with van der Waals surface area (Å²) in [6, 6.07) is 6.52. The van der Waals surface area contributed by atoms with E-state index in [0.29, 0.717) is 16.8 Å². The molecule has 1 unspecified atom stereocenters. The second-order valence-corrected chi connectivity index (χ2v) is 3.58. The van der Waals surface area contributed by atoms with E-state index in [2.05, 4.69) is 5.32 Å². The molecule has 1 atom stereocenters. The van der Waals surface area contributed by atoms with Crippen LogP contribution in [0.3, 0.4) is 0 Å². The molecule has 0 spiro atoms. The van der Waals surface area contributed by atoms with Crippen molar-refractivity contribution < 1.29 is 18.3 Å². The van der Waals surface area contributed by atoms with Crippen molar-refractivity contribution in [1.29, 1.82) is 5.26 Å². The van der Waals surface area contributed by atoms with E-state index in [-0.39, 0.29) is 0 Å². The molecule has 0 saturated heterocycles. The molecule has 1 aromatic rings. The Balaban J connectivity index is 2.66. The van der Waals surface area contributed by atoms with Gasteiger partial charge in [0.25, 0.3) is 0 Å². The van der Waals surface area contributed by atoms with E-state index in [9.17, 15) is 13.2 Å². The normalized spacial score (nSPS) is 12.9. The van der Waals surface area contributed by atoms with E-state index in [0.717, 1.165) is 0 Å². The number of aryl methyl sites for hydroxylation is 1. The summed E-state index contributed by atoms with van der Waals surface area (Å²) in [6.45, 7) is 1.07. The summed E-state index contributed by atoms with van der Waals surface area (Å²) in [5.74, 6) is 0. The molecule has 1 aromatic carbocycles. The minimum absolute atomic E-state index is 0.435. The fourth-order valence-corrected chi connectivity index (χ4v) is 1.23. The lowest BCUT2D eigenvalue weighted by atomic mass is 10.1. The molecule has 0 aromatic heterocycles. The number of benzene rings is 1. The fourth-order valence-electron chi connectivity index (χ4n) is 1.23. The summed E-state index contributed by atoms with van der Waals surface area (Å²) >= 11 is 0. The largest absolute Gasteiger partial charge is 0.416 e. The van der Waals surface area contributed by atoms with Gasteiger partial charge in [-0.1, -0.05) is 0 Å². The van der Waals surface area contributed by atoms with Gasteiger partial charge in [-0.3, -0.25) is 0 Å². The fraction of sp³-hybridized carbons (Fsp3) is 0.364. The zero-order chi connectivity index (χ0) is 13.1. The van der Waals surface area contributed by atoms with Gasteiger partial charge in [-0.25, -0.2) is 0 Å². The van der Waals surface area contributed by atoms with Crippen LogP contribution in [0.1, 0.15) is 11.1 Å². The summed E-state index contributed by atoms with van der Waals surface area (Å²) in [5.41, 5.74) is 1.57. The first-order valence-electron chi connectivity index (χ1n) is 4.84. The van der Waals surface area contributed by atoms with Crippen LogP contribution in [0.5, 0.6) is 0 Å². The molecule has 0 aliphatic rings. The van der Waals surface area contributed by atoms with Crippen LogP contribution >= 0.6 is 0 Å². The number of aliphatic hydroxyl groups is 1. The smallest absolute Gasteiger partial charge is 0.382 e. The maximum Gasteiger partial charge on any atom is 0.416 e. The molecule has 0 heterocycles. The Morgan fingerprint density at radius 1 is 1.47 bits per heavy atom. The molecule has 2 N–H and O–H groups in total. The van der Waals surface area contributed by atoms with Gasteiger partial charge in [0.05, 0.1) is 11.6 Å². The third kappa shape index (κ3) is 3.64. The molecule has 0 aliphatic heterocycles. The van der Waals surface area contributed by atoms with Gasteiger partial charge >= 0.3 is 6.18 Å². The Morgan fingerprint density at radius 3 is 2.59 bits per heavy atom. The van der Waals surface area contributed by atoms with Crippen molar-refractivity contribution in [3.05, 3.63) is 29.3 Å². The predicted octanol–water partition coefficient (Wildman–Crippen LogP) is 2.20. The lowest BCUT2D eigenvalue weighted by Gasteiger charge is -2.16. The van der Waals surface area contributed by atoms with Crippen molar-refractivity contribution in [3.8, 4) is 6.07 Å². The van der Waals surface area contributed by atoms with Gasteiger partial charge in [-0.2, -0.15) is 18.4 Å². The molecule has 0 radical (unpaired) electrons. The number of alkyl halides is 3. The Kier molecular flexibility index (Phi) is 3.97. The van der Waals surface area contributed by atoms with E-state index >= 15 is 0 Å². The maximum atomic E-state index is 12.0. The van der Waals surface area contributed by atoms with Crippen molar-refractivity contribution in [2.75, 3.05) is 11.9 Å². The SMILES string of the molecule is Cc1cc(NCC(O)C(F)(F)F)ccc1C#N. The molecule has 6 heteroatoms. The molecule has 92 valence electrons. The summed E-state index contributed by atoms with van der Waals surface area (Å²) < 4.78 is 36.1. The number of hydrogen-bond acceptors (Lipinski definition) is 3. The Bertz CT molecular complexity index is 437. The van der Waals surface area contributed by atoms with Crippen molar-refractivity contribution in [3.63, 3.8) is 0 Å². The number of nitrogens with one attached hydrogen (secondary N) is 1. The highest BCUT2D eigenvalue weighted by molar-refractivity contribution is 5.51. The van der Waals surface area contributed by atoms with Gasteiger partial charge in [0.1, 0.15) is 0 Å². The highest BCUT2D eigenvalue weighted by atomic mass is 19.4. The number of nitrogens with zero attached hydrogens (tertiary/aromatic N) is 1. The van der Waals surface area contributed by atoms with Gasteiger partial charge in [0, 0.05) is 12.2 Å². The van der Waals surface area contributed by atoms with Gasteiger partial charge in [-0.05, 0) is 30.7 Å². The molecule has 0 bridgehead atoms. The molecule has 3 nitrogen and oxygen atoms in total. The van der Waals surface area contributed by atoms with Crippen molar-refractivity contribution in [2.45, 2.75) is 19.2 Å². The van der Waals surface area contributed by atoms with Gasteiger partial charge in [0.15, 0.2) is 6.10 Å². The third-order valence-electron chi connectivity index (χ3n) is 2.22. The lowest BCUT2D eigenvalue weighted by molar-refractivity contribution is -0.198. The van der Waals surface area contributed by atoms with E-state index in [1.54, 1.807) is 13.0 Å².